The number of nitrogens with one attached hydrogen (secondary N) is 1. The molecule has 1 atom stereocenters. The molecule has 1 saturated heterocycles. The van der Waals surface area contributed by atoms with Crippen LogP contribution in [0.25, 0.3) is 0 Å². The quantitative estimate of drug-likeness (QED) is 0.253. The van der Waals surface area contributed by atoms with Gasteiger partial charge in [0.25, 0.3) is 0 Å². The number of methoxy groups -OCH3 is 1. The Kier molecular flexibility index (Phi) is 9.96. The fourth-order valence-electron chi connectivity index (χ4n) is 4.06. The highest BCUT2D eigenvalue weighted by atomic mass is 35.5. The molecule has 0 bridgehead atoms. The molecule has 1 heterocycles. The first kappa shape index (κ1) is 29.8. The Morgan fingerprint density at radius 3 is 2.24 bits per heavy atom. The van der Waals surface area contributed by atoms with Gasteiger partial charge in [-0.15, -0.1) is 0 Å². The molecule has 0 radical (unpaired) electrons. The number of morpholine rings is 1. The van der Waals surface area contributed by atoms with Crippen molar-refractivity contribution in [3.05, 3.63) is 57.1 Å². The van der Waals surface area contributed by atoms with Crippen molar-refractivity contribution in [1.29, 1.82) is 0 Å². The van der Waals surface area contributed by atoms with Gasteiger partial charge < -0.3 is 14.8 Å². The molecule has 3 rings (SSSR count). The summed E-state index contributed by atoms with van der Waals surface area (Å²) < 4.78 is 91.5. The second-order valence-corrected chi connectivity index (χ2v) is 9.66. The molecule has 1 aliphatic heterocycles. The zero-order valence-corrected chi connectivity index (χ0v) is 21.9. The van der Waals surface area contributed by atoms with Gasteiger partial charge in [-0.2, -0.15) is 26.3 Å². The van der Waals surface area contributed by atoms with Crippen molar-refractivity contribution in [3.8, 4) is 5.75 Å². The standard InChI is InChI=1S/C24H24Cl2F6N2O2S/c1-35-21-11-14(4-5-16(21)23(27,28)29)15(3-2-6-34-7-9-36-10-8-34)22(37)33-20-13-19(26)18(25)12-17(20)24(30,31)32/h4-5,11-13,15H,2-3,6-10H2,1H3,(H,33,37). The lowest BCUT2D eigenvalue weighted by molar-refractivity contribution is -0.139. The molecule has 2 aromatic carbocycles. The number of halogens is 8. The zero-order valence-electron chi connectivity index (χ0n) is 19.6. The van der Waals surface area contributed by atoms with Crippen LogP contribution in [0.15, 0.2) is 30.3 Å². The Morgan fingerprint density at radius 1 is 1.03 bits per heavy atom. The van der Waals surface area contributed by atoms with Crippen molar-refractivity contribution in [1.82, 2.24) is 4.90 Å². The van der Waals surface area contributed by atoms with Crippen molar-refractivity contribution in [3.63, 3.8) is 0 Å². The lowest BCUT2D eigenvalue weighted by Gasteiger charge is -2.28. The summed E-state index contributed by atoms with van der Waals surface area (Å²) in [4.78, 5) is 2.16. The third-order valence-corrected chi connectivity index (χ3v) is 7.05. The van der Waals surface area contributed by atoms with Crippen molar-refractivity contribution in [2.24, 2.45) is 0 Å². The van der Waals surface area contributed by atoms with E-state index in [0.29, 0.717) is 44.2 Å². The summed E-state index contributed by atoms with van der Waals surface area (Å²) in [5, 5.41) is 2.24. The first-order valence-electron chi connectivity index (χ1n) is 11.2. The predicted octanol–water partition coefficient (Wildman–Crippen LogP) is 7.68. The molecule has 1 aliphatic rings. The van der Waals surface area contributed by atoms with Gasteiger partial charge in [-0.1, -0.05) is 41.5 Å². The van der Waals surface area contributed by atoms with Crippen molar-refractivity contribution in [2.75, 3.05) is 45.3 Å². The Labute approximate surface area is 225 Å². The molecule has 13 heteroatoms. The molecule has 0 saturated carbocycles. The van der Waals surface area contributed by atoms with Crippen LogP contribution in [0.2, 0.25) is 10.0 Å². The van der Waals surface area contributed by atoms with Gasteiger partial charge >= 0.3 is 12.4 Å². The number of ether oxygens (including phenoxy) is 2. The van der Waals surface area contributed by atoms with Gasteiger partial charge in [0, 0.05) is 19.0 Å². The maximum absolute atomic E-state index is 13.7. The van der Waals surface area contributed by atoms with E-state index in [1.807, 2.05) is 0 Å². The Bertz CT molecular complexity index is 1110. The van der Waals surface area contributed by atoms with Crippen LogP contribution in [0.5, 0.6) is 5.75 Å². The fourth-order valence-corrected chi connectivity index (χ4v) is 4.75. The van der Waals surface area contributed by atoms with Crippen LogP contribution >= 0.6 is 35.4 Å². The molecule has 2 aromatic rings. The van der Waals surface area contributed by atoms with Crippen LogP contribution in [0.3, 0.4) is 0 Å². The first-order chi connectivity index (χ1) is 17.3. The Morgan fingerprint density at radius 2 is 1.65 bits per heavy atom. The van der Waals surface area contributed by atoms with Gasteiger partial charge in [-0.25, -0.2) is 0 Å². The van der Waals surface area contributed by atoms with Gasteiger partial charge in [0.05, 0.1) is 52.2 Å². The highest BCUT2D eigenvalue weighted by molar-refractivity contribution is 7.80. The highest BCUT2D eigenvalue weighted by Crippen LogP contribution is 2.41. The van der Waals surface area contributed by atoms with Gasteiger partial charge in [0.2, 0.25) is 0 Å². The largest absolute Gasteiger partial charge is 0.496 e. The average Bonchev–Trinajstić information content (AvgIpc) is 2.82. The molecule has 1 N–H and O–H groups in total. The summed E-state index contributed by atoms with van der Waals surface area (Å²) in [6.07, 6.45) is -8.45. The van der Waals surface area contributed by atoms with E-state index in [-0.39, 0.29) is 15.0 Å². The zero-order chi connectivity index (χ0) is 27.4. The van der Waals surface area contributed by atoms with Crippen molar-refractivity contribution >= 4 is 46.1 Å². The minimum atomic E-state index is -4.75. The molecule has 37 heavy (non-hydrogen) atoms. The van der Waals surface area contributed by atoms with Gasteiger partial charge in [0.15, 0.2) is 0 Å². The topological polar surface area (TPSA) is 33.7 Å². The number of rotatable bonds is 8. The smallest absolute Gasteiger partial charge is 0.419 e. The number of hydrogen-bond acceptors (Lipinski definition) is 4. The van der Waals surface area contributed by atoms with Crippen LogP contribution < -0.4 is 10.1 Å². The van der Waals surface area contributed by atoms with Crippen LogP contribution in [0.4, 0.5) is 32.0 Å². The Balaban J connectivity index is 1.93. The minimum Gasteiger partial charge on any atom is -0.496 e. The molecule has 0 aliphatic carbocycles. The van der Waals surface area contributed by atoms with Crippen LogP contribution in [-0.4, -0.2) is 49.8 Å². The van der Waals surface area contributed by atoms with Gasteiger partial charge in [0.1, 0.15) is 5.75 Å². The molecule has 0 amide bonds. The number of hydrogen-bond donors (Lipinski definition) is 1. The predicted molar refractivity (Wildman–Crippen MR) is 135 cm³/mol. The SMILES string of the molecule is COc1cc(C(CCCN2CCOCC2)C(=S)Nc2cc(Cl)c(Cl)cc2C(F)(F)F)ccc1C(F)(F)F. The molecular formula is C24H24Cl2F6N2O2S. The normalized spacial score (nSPS) is 15.9. The third-order valence-electron chi connectivity index (χ3n) is 5.94. The first-order valence-corrected chi connectivity index (χ1v) is 12.4. The second kappa shape index (κ2) is 12.4. The maximum atomic E-state index is 13.7. The van der Waals surface area contributed by atoms with E-state index in [9.17, 15) is 26.3 Å². The van der Waals surface area contributed by atoms with Crippen LogP contribution in [-0.2, 0) is 17.1 Å². The van der Waals surface area contributed by atoms with E-state index in [4.69, 9.17) is 44.9 Å². The molecule has 204 valence electrons. The lowest BCUT2D eigenvalue weighted by atomic mass is 9.92. The minimum absolute atomic E-state index is 0.00678. The van der Waals surface area contributed by atoms with E-state index < -0.39 is 40.8 Å². The number of thiocarbonyl (C=S) groups is 1. The summed E-state index contributed by atoms with van der Waals surface area (Å²) in [6, 6.07) is 5.08. The Hall–Kier alpha value is -1.79. The molecule has 0 aromatic heterocycles. The molecule has 0 spiro atoms. The van der Waals surface area contributed by atoms with E-state index in [1.165, 1.54) is 12.1 Å². The summed E-state index contributed by atoms with van der Waals surface area (Å²) >= 11 is 17.3. The van der Waals surface area contributed by atoms with Gasteiger partial charge in [-0.05, 0) is 49.2 Å². The summed E-state index contributed by atoms with van der Waals surface area (Å²) in [5.41, 5.74) is -2.06. The number of benzene rings is 2. The number of anilines is 1. The van der Waals surface area contributed by atoms with Crippen molar-refractivity contribution < 1.29 is 35.8 Å². The average molecular weight is 589 g/mol. The van der Waals surface area contributed by atoms with Crippen LogP contribution in [0.1, 0.15) is 35.4 Å². The van der Waals surface area contributed by atoms with Crippen molar-refractivity contribution in [2.45, 2.75) is 31.1 Å². The van der Waals surface area contributed by atoms with E-state index in [1.54, 1.807) is 0 Å². The summed E-state index contributed by atoms with van der Waals surface area (Å²) in [7, 11) is 1.11. The third kappa shape index (κ3) is 7.86. The van der Waals surface area contributed by atoms with E-state index in [2.05, 4.69) is 10.2 Å². The highest BCUT2D eigenvalue weighted by Gasteiger charge is 2.36. The van der Waals surface area contributed by atoms with E-state index >= 15 is 0 Å². The monoisotopic (exact) mass is 588 g/mol. The molecule has 4 nitrogen and oxygen atoms in total. The summed E-state index contributed by atoms with van der Waals surface area (Å²) in [6.45, 7) is 3.33. The second-order valence-electron chi connectivity index (χ2n) is 8.41. The number of alkyl halides is 6. The number of nitrogens with zero attached hydrogens (tertiary/aromatic N) is 1. The van der Waals surface area contributed by atoms with Gasteiger partial charge in [-0.3, -0.25) is 4.90 Å². The molecule has 1 unspecified atom stereocenters. The molecular weight excluding hydrogens is 565 g/mol. The fraction of sp³-hybridized carbons (Fsp3) is 0.458. The lowest BCUT2D eigenvalue weighted by Crippen LogP contribution is -2.37. The van der Waals surface area contributed by atoms with Crippen LogP contribution in [0, 0.1) is 0 Å². The maximum Gasteiger partial charge on any atom is 0.419 e. The summed E-state index contributed by atoms with van der Waals surface area (Å²) in [5.74, 6) is -1.11. The molecule has 1 fully saturated rings. The van der Waals surface area contributed by atoms with E-state index in [0.717, 1.165) is 32.3 Å².